The summed E-state index contributed by atoms with van der Waals surface area (Å²) in [7, 11) is 1.58. The molecule has 0 bridgehead atoms. The largest absolute Gasteiger partial charge is 0.341 e. The van der Waals surface area contributed by atoms with Crippen molar-refractivity contribution in [3.63, 3.8) is 0 Å². The van der Waals surface area contributed by atoms with Gasteiger partial charge in [0.05, 0.1) is 6.04 Å². The summed E-state index contributed by atoms with van der Waals surface area (Å²) < 4.78 is 0. The zero-order valence-electron chi connectivity index (χ0n) is 14.0. The van der Waals surface area contributed by atoms with E-state index in [9.17, 15) is 9.59 Å². The summed E-state index contributed by atoms with van der Waals surface area (Å²) in [6, 6.07) is -0.336. The number of amides is 2. The molecular formula is C15H32N2O2. The number of nitrogens with one attached hydrogen (secondary N) is 1. The minimum Gasteiger partial charge on any atom is -0.341 e. The second-order valence-electron chi connectivity index (χ2n) is 6.02. The molecular weight excluding hydrogens is 240 g/mol. The Morgan fingerprint density at radius 2 is 1.58 bits per heavy atom. The average molecular weight is 272 g/mol. The molecule has 1 unspecified atom stereocenters. The lowest BCUT2D eigenvalue weighted by Gasteiger charge is -2.21. The standard InChI is InChI=1S/C8H14N2O2.C5H12.C2H6/c1-6(11)7-4-3-5-10(7)8(12)9-2;1-5(2,3)4;1-2/h7H,3-5H2,1-2H3,(H,9,12);1-4H3;1-2H3. The molecule has 2 amide bonds. The predicted octanol–water partition coefficient (Wildman–Crippen LogP) is 3.46. The van der Waals surface area contributed by atoms with Crippen molar-refractivity contribution in [2.75, 3.05) is 13.6 Å². The van der Waals surface area contributed by atoms with Crippen molar-refractivity contribution >= 4 is 11.8 Å². The first-order valence-electron chi connectivity index (χ1n) is 7.15. The van der Waals surface area contributed by atoms with E-state index in [2.05, 4.69) is 33.0 Å². The minimum atomic E-state index is -0.190. The van der Waals surface area contributed by atoms with E-state index in [1.807, 2.05) is 13.8 Å². The van der Waals surface area contributed by atoms with E-state index in [1.165, 1.54) is 6.92 Å². The van der Waals surface area contributed by atoms with E-state index in [1.54, 1.807) is 11.9 Å². The summed E-state index contributed by atoms with van der Waals surface area (Å²) in [4.78, 5) is 23.8. The van der Waals surface area contributed by atoms with Crippen molar-refractivity contribution in [1.82, 2.24) is 10.2 Å². The Morgan fingerprint density at radius 3 is 1.89 bits per heavy atom. The lowest BCUT2D eigenvalue weighted by atomic mass is 10.0. The number of hydrogen-bond donors (Lipinski definition) is 1. The van der Waals surface area contributed by atoms with Gasteiger partial charge in [-0.2, -0.15) is 0 Å². The first kappa shape index (κ1) is 20.3. The highest BCUT2D eigenvalue weighted by Crippen LogP contribution is 2.17. The van der Waals surface area contributed by atoms with Gasteiger partial charge >= 0.3 is 6.03 Å². The van der Waals surface area contributed by atoms with Crippen LogP contribution in [0.5, 0.6) is 0 Å². The van der Waals surface area contributed by atoms with E-state index in [0.717, 1.165) is 12.8 Å². The fourth-order valence-electron chi connectivity index (χ4n) is 1.58. The molecule has 4 heteroatoms. The van der Waals surface area contributed by atoms with Crippen LogP contribution in [0.25, 0.3) is 0 Å². The van der Waals surface area contributed by atoms with Gasteiger partial charge in [0.1, 0.15) is 0 Å². The Morgan fingerprint density at radius 1 is 1.16 bits per heavy atom. The number of hydrogen-bond acceptors (Lipinski definition) is 2. The van der Waals surface area contributed by atoms with Crippen molar-refractivity contribution in [1.29, 1.82) is 0 Å². The fraction of sp³-hybridized carbons (Fsp3) is 0.867. The Labute approximate surface area is 118 Å². The van der Waals surface area contributed by atoms with Crippen molar-refractivity contribution in [2.45, 2.75) is 67.3 Å². The molecule has 114 valence electrons. The van der Waals surface area contributed by atoms with Crippen LogP contribution in [0.3, 0.4) is 0 Å². The highest BCUT2D eigenvalue weighted by Gasteiger charge is 2.30. The van der Waals surface area contributed by atoms with Gasteiger partial charge in [0, 0.05) is 13.6 Å². The Balaban J connectivity index is 0. The van der Waals surface area contributed by atoms with Crippen molar-refractivity contribution in [3.05, 3.63) is 0 Å². The summed E-state index contributed by atoms with van der Waals surface area (Å²) in [5, 5.41) is 2.53. The fourth-order valence-corrected chi connectivity index (χ4v) is 1.58. The molecule has 19 heavy (non-hydrogen) atoms. The number of rotatable bonds is 1. The van der Waals surface area contributed by atoms with Gasteiger partial charge in [0.15, 0.2) is 5.78 Å². The summed E-state index contributed by atoms with van der Waals surface area (Å²) in [6.45, 7) is 15.0. The minimum absolute atomic E-state index is 0.0797. The van der Waals surface area contributed by atoms with Crippen LogP contribution in [0, 0.1) is 5.41 Å². The molecule has 0 saturated carbocycles. The number of carbonyl (C=O) groups is 2. The molecule has 0 aromatic rings. The number of Topliss-reactive ketones (excluding diaryl/α,β-unsaturated/α-hetero) is 1. The normalized spacial score (nSPS) is 17.7. The zero-order valence-corrected chi connectivity index (χ0v) is 14.0. The van der Waals surface area contributed by atoms with E-state index in [4.69, 9.17) is 0 Å². The molecule has 4 nitrogen and oxygen atoms in total. The molecule has 1 aliphatic heterocycles. The summed E-state index contributed by atoms with van der Waals surface area (Å²) in [5.41, 5.74) is 0.500. The molecule has 1 aliphatic rings. The number of ketones is 1. The molecule has 0 aromatic carbocycles. The van der Waals surface area contributed by atoms with E-state index < -0.39 is 0 Å². The highest BCUT2D eigenvalue weighted by atomic mass is 16.2. The molecule has 0 aromatic heterocycles. The molecule has 1 heterocycles. The van der Waals surface area contributed by atoms with Gasteiger partial charge in [-0.1, -0.05) is 41.5 Å². The van der Waals surface area contributed by atoms with Crippen LogP contribution in [0.2, 0.25) is 0 Å². The molecule has 1 N–H and O–H groups in total. The molecule has 1 fully saturated rings. The number of likely N-dealkylation sites (tertiary alicyclic amines) is 1. The second kappa shape index (κ2) is 9.82. The number of urea groups is 1. The van der Waals surface area contributed by atoms with Crippen LogP contribution in [-0.4, -0.2) is 36.3 Å². The molecule has 1 saturated heterocycles. The highest BCUT2D eigenvalue weighted by molar-refractivity contribution is 5.87. The van der Waals surface area contributed by atoms with Crippen LogP contribution in [0.4, 0.5) is 4.79 Å². The maximum Gasteiger partial charge on any atom is 0.317 e. The van der Waals surface area contributed by atoms with Crippen LogP contribution >= 0.6 is 0 Å². The maximum absolute atomic E-state index is 11.2. The topological polar surface area (TPSA) is 49.4 Å². The first-order chi connectivity index (χ1) is 8.66. The van der Waals surface area contributed by atoms with E-state index >= 15 is 0 Å². The maximum atomic E-state index is 11.2. The second-order valence-corrected chi connectivity index (χ2v) is 6.02. The lowest BCUT2D eigenvalue weighted by Crippen LogP contribution is -2.44. The first-order valence-corrected chi connectivity index (χ1v) is 7.15. The lowest BCUT2D eigenvalue weighted by molar-refractivity contribution is -0.120. The average Bonchev–Trinajstić information content (AvgIpc) is 2.77. The van der Waals surface area contributed by atoms with Crippen LogP contribution in [-0.2, 0) is 4.79 Å². The zero-order chi connectivity index (χ0) is 15.6. The Kier molecular flexibility index (Phi) is 10.5. The van der Waals surface area contributed by atoms with Gasteiger partial charge < -0.3 is 10.2 Å². The Bertz CT molecular complexity index is 264. The number of nitrogens with zero attached hydrogens (tertiary/aromatic N) is 1. The monoisotopic (exact) mass is 272 g/mol. The molecule has 1 rings (SSSR count). The van der Waals surface area contributed by atoms with Crippen LogP contribution in [0.1, 0.15) is 61.3 Å². The molecule has 0 spiro atoms. The molecule has 0 aliphatic carbocycles. The van der Waals surface area contributed by atoms with Gasteiger partial charge in [-0.3, -0.25) is 4.79 Å². The SMILES string of the molecule is CC.CC(C)(C)C.CNC(=O)N1CCCC1C(C)=O. The van der Waals surface area contributed by atoms with E-state index in [-0.39, 0.29) is 17.9 Å². The number of carbonyl (C=O) groups excluding carboxylic acids is 2. The van der Waals surface area contributed by atoms with Crippen molar-refractivity contribution < 1.29 is 9.59 Å². The quantitative estimate of drug-likeness (QED) is 0.794. The Hall–Kier alpha value is -1.06. The predicted molar refractivity (Wildman–Crippen MR) is 81.3 cm³/mol. The third-order valence-corrected chi connectivity index (χ3v) is 2.20. The summed E-state index contributed by atoms with van der Waals surface area (Å²) in [6.07, 6.45) is 1.74. The van der Waals surface area contributed by atoms with Gasteiger partial charge in [-0.25, -0.2) is 4.79 Å². The summed E-state index contributed by atoms with van der Waals surface area (Å²) >= 11 is 0. The van der Waals surface area contributed by atoms with E-state index in [0.29, 0.717) is 12.0 Å². The van der Waals surface area contributed by atoms with Gasteiger partial charge in [-0.15, -0.1) is 0 Å². The van der Waals surface area contributed by atoms with Gasteiger partial charge in [0.25, 0.3) is 0 Å². The van der Waals surface area contributed by atoms with Crippen molar-refractivity contribution in [3.8, 4) is 0 Å². The van der Waals surface area contributed by atoms with Crippen LogP contribution in [0.15, 0.2) is 0 Å². The van der Waals surface area contributed by atoms with Gasteiger partial charge in [-0.05, 0) is 25.2 Å². The van der Waals surface area contributed by atoms with Crippen LogP contribution < -0.4 is 5.32 Å². The molecule has 0 radical (unpaired) electrons. The van der Waals surface area contributed by atoms with Gasteiger partial charge in [0.2, 0.25) is 0 Å². The third kappa shape index (κ3) is 10.5. The third-order valence-electron chi connectivity index (χ3n) is 2.20. The van der Waals surface area contributed by atoms with Crippen molar-refractivity contribution in [2.24, 2.45) is 5.41 Å². The molecule has 1 atom stereocenters. The smallest absolute Gasteiger partial charge is 0.317 e. The summed E-state index contributed by atoms with van der Waals surface area (Å²) in [5.74, 6) is 0.0797.